The molecular weight excluding hydrogens is 451 g/mol. The molecule has 1 fully saturated rings. The molecule has 0 radical (unpaired) electrons. The highest BCUT2D eigenvalue weighted by Gasteiger charge is 2.29. The summed E-state index contributed by atoms with van der Waals surface area (Å²) in [7, 11) is 0. The minimum atomic E-state index is -0.146. The summed E-state index contributed by atoms with van der Waals surface area (Å²) < 4.78 is 0.813. The van der Waals surface area contributed by atoms with Gasteiger partial charge in [-0.1, -0.05) is 23.7 Å². The van der Waals surface area contributed by atoms with E-state index in [-0.39, 0.29) is 23.8 Å². The van der Waals surface area contributed by atoms with Crippen molar-refractivity contribution in [1.82, 2.24) is 5.32 Å². The summed E-state index contributed by atoms with van der Waals surface area (Å²) in [5.41, 5.74) is 2.36. The largest absolute Gasteiger partial charge is 0.345 e. The van der Waals surface area contributed by atoms with E-state index >= 15 is 0 Å². The molecule has 2 amide bonds. The molecule has 2 aromatic rings. The molecule has 0 saturated heterocycles. The molecule has 1 saturated carbocycles. The molecule has 1 unspecified atom stereocenters. The molecule has 3 rings (SSSR count). The van der Waals surface area contributed by atoms with Gasteiger partial charge in [0.2, 0.25) is 5.91 Å². The van der Waals surface area contributed by atoms with E-state index in [0.29, 0.717) is 10.6 Å². The van der Waals surface area contributed by atoms with Gasteiger partial charge >= 0.3 is 0 Å². The first-order valence-corrected chi connectivity index (χ1v) is 9.56. The van der Waals surface area contributed by atoms with Crippen molar-refractivity contribution in [2.24, 2.45) is 5.92 Å². The zero-order valence-electron chi connectivity index (χ0n) is 13.7. The first-order chi connectivity index (χ1) is 11.9. The second-order valence-electron chi connectivity index (χ2n) is 6.20. The molecule has 2 aromatic carbocycles. The van der Waals surface area contributed by atoms with Crippen LogP contribution < -0.4 is 10.6 Å². The summed E-state index contributed by atoms with van der Waals surface area (Å²) in [6.45, 7) is 1.93. The number of anilines is 1. The lowest BCUT2D eigenvalue weighted by atomic mass is 10.1. The van der Waals surface area contributed by atoms with Crippen LogP contribution >= 0.6 is 34.2 Å². The number of carbonyl (C=O) groups is 2. The number of rotatable bonds is 5. The monoisotopic (exact) mass is 468 g/mol. The fourth-order valence-corrected chi connectivity index (χ4v) is 3.59. The molecule has 0 aliphatic heterocycles. The van der Waals surface area contributed by atoms with Crippen LogP contribution in [-0.2, 0) is 4.79 Å². The van der Waals surface area contributed by atoms with E-state index in [1.165, 1.54) is 0 Å². The van der Waals surface area contributed by atoms with Gasteiger partial charge in [-0.2, -0.15) is 0 Å². The molecule has 0 spiro atoms. The van der Waals surface area contributed by atoms with Crippen LogP contribution in [0.1, 0.15) is 41.7 Å². The van der Waals surface area contributed by atoms with Crippen molar-refractivity contribution >= 4 is 51.7 Å². The van der Waals surface area contributed by atoms with Gasteiger partial charge in [0.1, 0.15) is 0 Å². The molecule has 0 bridgehead atoms. The second kappa shape index (κ2) is 7.74. The van der Waals surface area contributed by atoms with Crippen LogP contribution in [0.15, 0.2) is 42.5 Å². The SMILES string of the molecule is CC(NC(=O)c1ccc(Cl)cc1I)c1ccc(NC(=O)C2CC2)cc1. The van der Waals surface area contributed by atoms with E-state index in [9.17, 15) is 9.59 Å². The van der Waals surface area contributed by atoms with E-state index in [1.54, 1.807) is 18.2 Å². The van der Waals surface area contributed by atoms with E-state index in [2.05, 4.69) is 33.2 Å². The van der Waals surface area contributed by atoms with Gasteiger partial charge in [0, 0.05) is 20.2 Å². The van der Waals surface area contributed by atoms with Crippen molar-refractivity contribution < 1.29 is 9.59 Å². The van der Waals surface area contributed by atoms with Gasteiger partial charge < -0.3 is 10.6 Å². The Kier molecular flexibility index (Phi) is 5.64. The molecule has 25 heavy (non-hydrogen) atoms. The highest BCUT2D eigenvalue weighted by molar-refractivity contribution is 14.1. The Morgan fingerprint density at radius 3 is 2.44 bits per heavy atom. The highest BCUT2D eigenvalue weighted by atomic mass is 127. The summed E-state index contributed by atoms with van der Waals surface area (Å²) in [5.74, 6) is 0.130. The maximum absolute atomic E-state index is 12.4. The van der Waals surface area contributed by atoms with Crippen molar-refractivity contribution in [3.63, 3.8) is 0 Å². The molecule has 1 aliphatic rings. The number of nitrogens with one attached hydrogen (secondary N) is 2. The third kappa shape index (κ3) is 4.73. The van der Waals surface area contributed by atoms with Crippen molar-refractivity contribution in [2.75, 3.05) is 5.32 Å². The standard InChI is InChI=1S/C19H18ClIN2O2/c1-11(22-19(25)16-9-6-14(20)10-17(16)21)12-4-7-15(8-5-12)23-18(24)13-2-3-13/h4-11,13H,2-3H2,1H3,(H,22,25)(H,23,24). The lowest BCUT2D eigenvalue weighted by molar-refractivity contribution is -0.117. The second-order valence-corrected chi connectivity index (χ2v) is 7.80. The molecule has 4 nitrogen and oxygen atoms in total. The first-order valence-electron chi connectivity index (χ1n) is 8.11. The minimum Gasteiger partial charge on any atom is -0.345 e. The Labute approximate surface area is 165 Å². The van der Waals surface area contributed by atoms with Gasteiger partial charge in [0.15, 0.2) is 0 Å². The van der Waals surface area contributed by atoms with E-state index in [1.807, 2.05) is 31.2 Å². The molecular formula is C19H18ClIN2O2. The predicted molar refractivity (Wildman–Crippen MR) is 108 cm³/mol. The molecule has 130 valence electrons. The molecule has 2 N–H and O–H groups in total. The van der Waals surface area contributed by atoms with Gasteiger partial charge in [-0.25, -0.2) is 0 Å². The van der Waals surface area contributed by atoms with Crippen molar-refractivity contribution in [3.05, 3.63) is 62.2 Å². The molecule has 0 heterocycles. The topological polar surface area (TPSA) is 58.2 Å². The highest BCUT2D eigenvalue weighted by Crippen LogP contribution is 2.30. The number of hydrogen-bond donors (Lipinski definition) is 2. The van der Waals surface area contributed by atoms with Crippen LogP contribution in [0.2, 0.25) is 5.02 Å². The Bertz CT molecular complexity index is 804. The van der Waals surface area contributed by atoms with Crippen LogP contribution in [0, 0.1) is 9.49 Å². The molecule has 0 aromatic heterocycles. The van der Waals surface area contributed by atoms with Gasteiger partial charge in [0.05, 0.1) is 11.6 Å². The van der Waals surface area contributed by atoms with Crippen LogP contribution in [0.5, 0.6) is 0 Å². The third-order valence-electron chi connectivity index (χ3n) is 4.15. The van der Waals surface area contributed by atoms with Crippen LogP contribution in [-0.4, -0.2) is 11.8 Å². The Morgan fingerprint density at radius 1 is 1.16 bits per heavy atom. The first kappa shape index (κ1) is 18.2. The number of carbonyl (C=O) groups excluding carboxylic acids is 2. The number of amides is 2. The van der Waals surface area contributed by atoms with Gasteiger partial charge in [0.25, 0.3) is 5.91 Å². The van der Waals surface area contributed by atoms with E-state index < -0.39 is 0 Å². The zero-order chi connectivity index (χ0) is 18.0. The number of hydrogen-bond acceptors (Lipinski definition) is 2. The summed E-state index contributed by atoms with van der Waals surface area (Å²) in [5, 5.41) is 6.51. The van der Waals surface area contributed by atoms with Crippen LogP contribution in [0.3, 0.4) is 0 Å². The van der Waals surface area contributed by atoms with Crippen LogP contribution in [0.4, 0.5) is 5.69 Å². The normalized spacial score (nSPS) is 14.7. The maximum atomic E-state index is 12.4. The number of halogens is 2. The minimum absolute atomic E-state index is 0.0893. The van der Waals surface area contributed by atoms with Gasteiger partial charge in [-0.3, -0.25) is 9.59 Å². The lowest BCUT2D eigenvalue weighted by Crippen LogP contribution is -2.27. The summed E-state index contributed by atoms with van der Waals surface area (Å²) >= 11 is 8.03. The molecule has 6 heteroatoms. The predicted octanol–water partition coefficient (Wildman–Crippen LogP) is 4.78. The quantitative estimate of drug-likeness (QED) is 0.620. The van der Waals surface area contributed by atoms with Gasteiger partial charge in [-0.15, -0.1) is 0 Å². The van der Waals surface area contributed by atoms with Crippen molar-refractivity contribution in [1.29, 1.82) is 0 Å². The van der Waals surface area contributed by atoms with E-state index in [4.69, 9.17) is 11.6 Å². The van der Waals surface area contributed by atoms with Crippen LogP contribution in [0.25, 0.3) is 0 Å². The fraction of sp³-hybridized carbons (Fsp3) is 0.263. The summed E-state index contributed by atoms with van der Waals surface area (Å²) in [6, 6.07) is 12.6. The Hall–Kier alpha value is -1.60. The van der Waals surface area contributed by atoms with Crippen molar-refractivity contribution in [3.8, 4) is 0 Å². The molecule has 1 atom stereocenters. The maximum Gasteiger partial charge on any atom is 0.252 e. The van der Waals surface area contributed by atoms with Crippen molar-refractivity contribution in [2.45, 2.75) is 25.8 Å². The average molecular weight is 469 g/mol. The molecule has 1 aliphatic carbocycles. The third-order valence-corrected chi connectivity index (χ3v) is 5.28. The average Bonchev–Trinajstić information content (AvgIpc) is 3.40. The summed E-state index contributed by atoms with van der Waals surface area (Å²) in [4.78, 5) is 24.2. The lowest BCUT2D eigenvalue weighted by Gasteiger charge is -2.16. The number of benzene rings is 2. The smallest absolute Gasteiger partial charge is 0.252 e. The zero-order valence-corrected chi connectivity index (χ0v) is 16.6. The fourth-order valence-electron chi connectivity index (χ4n) is 2.48. The Balaban J connectivity index is 1.63. The Morgan fingerprint density at radius 2 is 1.84 bits per heavy atom. The van der Waals surface area contributed by atoms with Gasteiger partial charge in [-0.05, 0) is 78.3 Å². The van der Waals surface area contributed by atoms with E-state index in [0.717, 1.165) is 27.7 Å². The summed E-state index contributed by atoms with van der Waals surface area (Å²) in [6.07, 6.45) is 1.97.